The Hall–Kier alpha value is -3.00. The molecule has 0 atom stereocenters. The lowest BCUT2D eigenvalue weighted by atomic mass is 10.2. The summed E-state index contributed by atoms with van der Waals surface area (Å²) in [5.74, 6) is -1.72. The first kappa shape index (κ1) is 14.4. The van der Waals surface area contributed by atoms with Crippen molar-refractivity contribution in [1.82, 2.24) is 9.78 Å². The van der Waals surface area contributed by atoms with Gasteiger partial charge in [0, 0.05) is 10.6 Å². The molecule has 0 unspecified atom stereocenters. The Labute approximate surface area is 114 Å². The summed E-state index contributed by atoms with van der Waals surface area (Å²) in [6.45, 7) is 0. The normalized spacial score (nSPS) is 11.0. The fourth-order valence-electron chi connectivity index (χ4n) is 1.69. The second-order valence-electron chi connectivity index (χ2n) is 3.83. The van der Waals surface area contributed by atoms with Crippen LogP contribution in [-0.2, 0) is 6.18 Å². The summed E-state index contributed by atoms with van der Waals surface area (Å²) < 4.78 is 39.5. The molecule has 7 nitrogen and oxygen atoms in total. The first-order chi connectivity index (χ1) is 9.84. The SMILES string of the molecule is [N-]=[N+]=Nc1ccc(-n2ncc(C(=O)O)c2C(F)(F)F)cc1. The van der Waals surface area contributed by atoms with Crippen LogP contribution in [0.4, 0.5) is 18.9 Å². The molecule has 0 aliphatic carbocycles. The summed E-state index contributed by atoms with van der Waals surface area (Å²) in [4.78, 5) is 13.4. The van der Waals surface area contributed by atoms with Crippen molar-refractivity contribution in [1.29, 1.82) is 0 Å². The molecule has 0 spiro atoms. The highest BCUT2D eigenvalue weighted by molar-refractivity contribution is 5.89. The van der Waals surface area contributed by atoms with Crippen molar-refractivity contribution in [3.05, 3.63) is 52.2 Å². The van der Waals surface area contributed by atoms with E-state index in [9.17, 15) is 18.0 Å². The average Bonchev–Trinajstić information content (AvgIpc) is 2.85. The van der Waals surface area contributed by atoms with Crippen LogP contribution in [-0.4, -0.2) is 20.9 Å². The summed E-state index contributed by atoms with van der Waals surface area (Å²) >= 11 is 0. The van der Waals surface area contributed by atoms with Crippen LogP contribution in [0.5, 0.6) is 0 Å². The monoisotopic (exact) mass is 297 g/mol. The Balaban J connectivity index is 2.58. The van der Waals surface area contributed by atoms with Crippen LogP contribution in [0, 0.1) is 0 Å². The molecule has 1 aromatic heterocycles. The van der Waals surface area contributed by atoms with Crippen molar-refractivity contribution in [2.75, 3.05) is 0 Å². The molecule has 108 valence electrons. The minimum absolute atomic E-state index is 0.00767. The molecule has 1 aromatic carbocycles. The van der Waals surface area contributed by atoms with Gasteiger partial charge < -0.3 is 5.11 Å². The van der Waals surface area contributed by atoms with Gasteiger partial charge in [-0.25, -0.2) is 9.48 Å². The highest BCUT2D eigenvalue weighted by atomic mass is 19.4. The third kappa shape index (κ3) is 2.79. The molecule has 0 aliphatic rings. The predicted octanol–water partition coefficient (Wildman–Crippen LogP) is 3.53. The predicted molar refractivity (Wildman–Crippen MR) is 64.3 cm³/mol. The smallest absolute Gasteiger partial charge is 0.434 e. The Kier molecular flexibility index (Phi) is 3.55. The maximum absolute atomic E-state index is 13.0. The maximum atomic E-state index is 13.0. The van der Waals surface area contributed by atoms with Crippen LogP contribution >= 0.6 is 0 Å². The third-order valence-electron chi connectivity index (χ3n) is 2.52. The van der Waals surface area contributed by atoms with E-state index in [0.717, 1.165) is 0 Å². The molecule has 1 N–H and O–H groups in total. The summed E-state index contributed by atoms with van der Waals surface area (Å²) in [5.41, 5.74) is 6.12. The van der Waals surface area contributed by atoms with Gasteiger partial charge in [0.2, 0.25) is 0 Å². The topological polar surface area (TPSA) is 104 Å². The van der Waals surface area contributed by atoms with Crippen molar-refractivity contribution in [2.24, 2.45) is 5.11 Å². The molecule has 2 aromatic rings. The van der Waals surface area contributed by atoms with E-state index in [4.69, 9.17) is 10.6 Å². The molecule has 0 amide bonds. The molecular formula is C11H6F3N5O2. The van der Waals surface area contributed by atoms with E-state index in [1.807, 2.05) is 0 Å². The first-order valence-electron chi connectivity index (χ1n) is 5.38. The number of hydrogen-bond acceptors (Lipinski definition) is 3. The van der Waals surface area contributed by atoms with Crippen molar-refractivity contribution < 1.29 is 23.1 Å². The lowest BCUT2D eigenvalue weighted by molar-refractivity contribution is -0.143. The number of aromatic nitrogens is 2. The number of azide groups is 1. The van der Waals surface area contributed by atoms with Crippen molar-refractivity contribution >= 4 is 11.7 Å². The number of alkyl halides is 3. The van der Waals surface area contributed by atoms with Gasteiger partial charge in [-0.1, -0.05) is 17.2 Å². The van der Waals surface area contributed by atoms with Gasteiger partial charge >= 0.3 is 12.1 Å². The molecule has 2 rings (SSSR count). The molecule has 0 fully saturated rings. The number of rotatable bonds is 3. The van der Waals surface area contributed by atoms with Gasteiger partial charge in [0.1, 0.15) is 5.56 Å². The lowest BCUT2D eigenvalue weighted by Gasteiger charge is -2.11. The summed E-state index contributed by atoms with van der Waals surface area (Å²) in [6.07, 6.45) is -4.25. The molecular weight excluding hydrogens is 291 g/mol. The van der Waals surface area contributed by atoms with E-state index in [1.165, 1.54) is 24.3 Å². The van der Waals surface area contributed by atoms with Crippen LogP contribution in [0.25, 0.3) is 16.1 Å². The number of carbonyl (C=O) groups is 1. The Morgan fingerprint density at radius 3 is 2.43 bits per heavy atom. The molecule has 0 bridgehead atoms. The second kappa shape index (κ2) is 5.17. The molecule has 0 saturated heterocycles. The van der Waals surface area contributed by atoms with Gasteiger partial charge in [0.15, 0.2) is 5.69 Å². The van der Waals surface area contributed by atoms with Gasteiger partial charge in [-0.3, -0.25) is 0 Å². The summed E-state index contributed by atoms with van der Waals surface area (Å²) in [5, 5.41) is 15.5. The van der Waals surface area contributed by atoms with Crippen LogP contribution in [0.2, 0.25) is 0 Å². The zero-order chi connectivity index (χ0) is 15.6. The fourth-order valence-corrected chi connectivity index (χ4v) is 1.69. The average molecular weight is 297 g/mol. The fraction of sp³-hybridized carbons (Fsp3) is 0.0909. The minimum Gasteiger partial charge on any atom is -0.478 e. The van der Waals surface area contributed by atoms with E-state index < -0.39 is 23.4 Å². The van der Waals surface area contributed by atoms with E-state index in [0.29, 0.717) is 10.9 Å². The summed E-state index contributed by atoms with van der Waals surface area (Å²) in [7, 11) is 0. The second-order valence-corrected chi connectivity index (χ2v) is 3.83. The Morgan fingerprint density at radius 1 is 1.33 bits per heavy atom. The van der Waals surface area contributed by atoms with E-state index >= 15 is 0 Å². The largest absolute Gasteiger partial charge is 0.478 e. The Morgan fingerprint density at radius 2 is 1.95 bits per heavy atom. The number of aromatic carboxylic acids is 1. The molecule has 0 radical (unpaired) electrons. The maximum Gasteiger partial charge on any atom is 0.434 e. The van der Waals surface area contributed by atoms with Gasteiger partial charge in [-0.2, -0.15) is 18.3 Å². The van der Waals surface area contributed by atoms with E-state index in [2.05, 4.69) is 15.1 Å². The first-order valence-corrected chi connectivity index (χ1v) is 5.38. The van der Waals surface area contributed by atoms with Crippen molar-refractivity contribution in [3.8, 4) is 5.69 Å². The van der Waals surface area contributed by atoms with Gasteiger partial charge in [-0.15, -0.1) is 0 Å². The molecule has 0 saturated carbocycles. The van der Waals surface area contributed by atoms with E-state index in [-0.39, 0.29) is 11.4 Å². The zero-order valence-electron chi connectivity index (χ0n) is 10.1. The van der Waals surface area contributed by atoms with Crippen LogP contribution < -0.4 is 0 Å². The number of benzene rings is 1. The molecule has 0 aliphatic heterocycles. The number of carboxylic acids is 1. The van der Waals surface area contributed by atoms with Gasteiger partial charge in [0.25, 0.3) is 0 Å². The standard InChI is InChI=1S/C11H6F3N5O2/c12-11(13,14)9-8(10(20)21)5-16-19(9)7-3-1-6(2-4-7)17-18-15/h1-5H,(H,20,21). The number of carboxylic acid groups (broad SMARTS) is 1. The third-order valence-corrected chi connectivity index (χ3v) is 2.52. The molecule has 10 heteroatoms. The number of hydrogen-bond donors (Lipinski definition) is 1. The number of nitrogens with zero attached hydrogens (tertiary/aromatic N) is 5. The van der Waals surface area contributed by atoms with Crippen molar-refractivity contribution in [3.63, 3.8) is 0 Å². The minimum atomic E-state index is -4.88. The lowest BCUT2D eigenvalue weighted by Crippen LogP contribution is -2.17. The van der Waals surface area contributed by atoms with E-state index in [1.54, 1.807) is 0 Å². The highest BCUT2D eigenvalue weighted by Crippen LogP contribution is 2.33. The van der Waals surface area contributed by atoms with Crippen LogP contribution in [0.1, 0.15) is 16.1 Å². The summed E-state index contributed by atoms with van der Waals surface area (Å²) in [6, 6.07) is 5.05. The van der Waals surface area contributed by atoms with Gasteiger partial charge in [-0.05, 0) is 17.7 Å². The van der Waals surface area contributed by atoms with Crippen molar-refractivity contribution in [2.45, 2.75) is 6.18 Å². The number of halogens is 3. The van der Waals surface area contributed by atoms with Crippen LogP contribution in [0.15, 0.2) is 35.6 Å². The van der Waals surface area contributed by atoms with Gasteiger partial charge in [0.05, 0.1) is 11.9 Å². The molecule has 1 heterocycles. The molecule has 21 heavy (non-hydrogen) atoms. The quantitative estimate of drug-likeness (QED) is 0.532. The zero-order valence-corrected chi connectivity index (χ0v) is 10.1. The van der Waals surface area contributed by atoms with Crippen LogP contribution in [0.3, 0.4) is 0 Å². The Bertz CT molecular complexity index is 729. The highest BCUT2D eigenvalue weighted by Gasteiger charge is 2.40.